The Kier molecular flexibility index (Phi) is 8.17. The van der Waals surface area contributed by atoms with E-state index >= 15 is 0 Å². The lowest BCUT2D eigenvalue weighted by Crippen LogP contribution is -2.61. The zero-order valence-electron chi connectivity index (χ0n) is 15.0. The molecule has 0 aliphatic carbocycles. The van der Waals surface area contributed by atoms with E-state index in [2.05, 4.69) is 5.32 Å². The Labute approximate surface area is 147 Å². The second-order valence-corrected chi connectivity index (χ2v) is 5.59. The van der Waals surface area contributed by atoms with Crippen LogP contribution in [-0.4, -0.2) is 67.3 Å². The summed E-state index contributed by atoms with van der Waals surface area (Å²) in [6.07, 6.45) is 0.591. The number of amides is 2. The van der Waals surface area contributed by atoms with Gasteiger partial charge < -0.3 is 24.4 Å². The summed E-state index contributed by atoms with van der Waals surface area (Å²) in [7, 11) is 0. The van der Waals surface area contributed by atoms with Crippen LogP contribution in [0, 0.1) is 0 Å². The highest BCUT2D eigenvalue weighted by atomic mass is 16.6. The van der Waals surface area contributed by atoms with Crippen LogP contribution in [-0.2, 0) is 28.6 Å². The van der Waals surface area contributed by atoms with Crippen molar-refractivity contribution in [1.82, 2.24) is 10.2 Å². The number of hydrogen-bond donors (Lipinski definition) is 1. The minimum Gasteiger partial charge on any atom is -0.464 e. The van der Waals surface area contributed by atoms with Crippen molar-refractivity contribution in [3.63, 3.8) is 0 Å². The molecular formula is C16H26N2O7. The van der Waals surface area contributed by atoms with E-state index in [0.29, 0.717) is 32.5 Å². The van der Waals surface area contributed by atoms with Gasteiger partial charge in [0.05, 0.1) is 19.8 Å². The van der Waals surface area contributed by atoms with Gasteiger partial charge in [0.2, 0.25) is 11.4 Å². The van der Waals surface area contributed by atoms with Gasteiger partial charge in [-0.1, -0.05) is 0 Å². The van der Waals surface area contributed by atoms with E-state index in [1.165, 1.54) is 6.92 Å². The summed E-state index contributed by atoms with van der Waals surface area (Å²) in [4.78, 5) is 49.3. The van der Waals surface area contributed by atoms with Crippen molar-refractivity contribution in [2.24, 2.45) is 0 Å². The molecule has 1 heterocycles. The predicted molar refractivity (Wildman–Crippen MR) is 86.6 cm³/mol. The zero-order valence-corrected chi connectivity index (χ0v) is 15.0. The van der Waals surface area contributed by atoms with Gasteiger partial charge in [-0.05, 0) is 33.1 Å². The molecule has 1 fully saturated rings. The van der Waals surface area contributed by atoms with Crippen molar-refractivity contribution < 1.29 is 33.4 Å². The van der Waals surface area contributed by atoms with Gasteiger partial charge >= 0.3 is 18.0 Å². The van der Waals surface area contributed by atoms with E-state index in [1.807, 2.05) is 0 Å². The van der Waals surface area contributed by atoms with E-state index < -0.39 is 23.4 Å². The lowest BCUT2D eigenvalue weighted by molar-refractivity contribution is -0.168. The zero-order chi connectivity index (χ0) is 18.9. The van der Waals surface area contributed by atoms with Gasteiger partial charge in [-0.25, -0.2) is 14.4 Å². The SMILES string of the molecule is CCOC(=O)C(CCCCN1CCOC1=O)(NC(C)=O)C(=O)OCC. The van der Waals surface area contributed by atoms with Crippen LogP contribution in [0.5, 0.6) is 0 Å². The fourth-order valence-corrected chi connectivity index (χ4v) is 2.58. The normalized spacial score (nSPS) is 14.0. The average Bonchev–Trinajstić information content (AvgIpc) is 2.95. The van der Waals surface area contributed by atoms with Gasteiger partial charge in [0.25, 0.3) is 0 Å². The number of nitrogens with one attached hydrogen (secondary N) is 1. The third kappa shape index (κ3) is 5.61. The standard InChI is InChI=1S/C16H26N2O7/c1-4-23-13(20)16(17-12(3)19,14(21)24-5-2)8-6-7-9-18-10-11-25-15(18)22/h4-11H2,1-3H3,(H,17,19). The smallest absolute Gasteiger partial charge is 0.409 e. The number of unbranched alkanes of at least 4 members (excludes halogenated alkanes) is 1. The Morgan fingerprint density at radius 2 is 1.76 bits per heavy atom. The molecule has 1 saturated heterocycles. The Hall–Kier alpha value is -2.32. The summed E-state index contributed by atoms with van der Waals surface area (Å²) in [6.45, 7) is 5.90. The molecule has 1 aliphatic heterocycles. The molecule has 0 bridgehead atoms. The summed E-state index contributed by atoms with van der Waals surface area (Å²) in [5, 5.41) is 2.41. The molecule has 1 aliphatic rings. The highest BCUT2D eigenvalue weighted by Crippen LogP contribution is 2.20. The summed E-state index contributed by atoms with van der Waals surface area (Å²) in [5.74, 6) is -2.22. The maximum atomic E-state index is 12.4. The summed E-state index contributed by atoms with van der Waals surface area (Å²) >= 11 is 0. The molecule has 25 heavy (non-hydrogen) atoms. The van der Waals surface area contributed by atoms with Crippen molar-refractivity contribution in [3.05, 3.63) is 0 Å². The van der Waals surface area contributed by atoms with Crippen LogP contribution in [0.2, 0.25) is 0 Å². The quantitative estimate of drug-likeness (QED) is 0.263. The summed E-state index contributed by atoms with van der Waals surface area (Å²) < 4.78 is 14.8. The molecule has 2 amide bonds. The molecule has 0 radical (unpaired) electrons. The highest BCUT2D eigenvalue weighted by molar-refractivity contribution is 6.07. The van der Waals surface area contributed by atoms with Crippen LogP contribution in [0.4, 0.5) is 4.79 Å². The van der Waals surface area contributed by atoms with Crippen LogP contribution < -0.4 is 5.32 Å². The first-order valence-corrected chi connectivity index (χ1v) is 8.42. The lowest BCUT2D eigenvalue weighted by Gasteiger charge is -2.29. The maximum absolute atomic E-state index is 12.4. The second kappa shape index (κ2) is 9.85. The predicted octanol–water partition coefficient (Wildman–Crippen LogP) is 0.610. The van der Waals surface area contributed by atoms with E-state index in [-0.39, 0.29) is 25.7 Å². The van der Waals surface area contributed by atoms with Crippen LogP contribution >= 0.6 is 0 Å². The molecule has 1 rings (SSSR count). The molecular weight excluding hydrogens is 332 g/mol. The topological polar surface area (TPSA) is 111 Å². The van der Waals surface area contributed by atoms with Crippen LogP contribution in [0.15, 0.2) is 0 Å². The molecule has 0 saturated carbocycles. The molecule has 142 valence electrons. The van der Waals surface area contributed by atoms with Crippen molar-refractivity contribution in [2.75, 3.05) is 32.9 Å². The third-order valence-electron chi connectivity index (χ3n) is 3.71. The number of hydrogen-bond acceptors (Lipinski definition) is 7. The van der Waals surface area contributed by atoms with E-state index in [9.17, 15) is 19.2 Å². The number of rotatable bonds is 10. The van der Waals surface area contributed by atoms with E-state index in [0.717, 1.165) is 0 Å². The Bertz CT molecular complexity index is 489. The molecule has 9 heteroatoms. The first-order chi connectivity index (χ1) is 11.9. The lowest BCUT2D eigenvalue weighted by atomic mass is 9.92. The number of nitrogens with zero attached hydrogens (tertiary/aromatic N) is 1. The van der Waals surface area contributed by atoms with E-state index in [1.54, 1.807) is 18.7 Å². The van der Waals surface area contributed by atoms with Gasteiger partial charge in [0, 0.05) is 13.5 Å². The number of carbonyl (C=O) groups is 4. The number of cyclic esters (lactones) is 1. The van der Waals surface area contributed by atoms with Crippen LogP contribution in [0.1, 0.15) is 40.0 Å². The van der Waals surface area contributed by atoms with E-state index in [4.69, 9.17) is 14.2 Å². The number of ether oxygens (including phenoxy) is 3. The third-order valence-corrected chi connectivity index (χ3v) is 3.71. The van der Waals surface area contributed by atoms with Crippen LogP contribution in [0.25, 0.3) is 0 Å². The van der Waals surface area contributed by atoms with Gasteiger partial charge in [-0.3, -0.25) is 4.79 Å². The monoisotopic (exact) mass is 358 g/mol. The molecule has 0 spiro atoms. The van der Waals surface area contributed by atoms with Gasteiger partial charge in [0.1, 0.15) is 6.61 Å². The molecule has 0 atom stereocenters. The Morgan fingerprint density at radius 1 is 1.16 bits per heavy atom. The van der Waals surface area contributed by atoms with Gasteiger partial charge in [-0.2, -0.15) is 0 Å². The first kappa shape index (κ1) is 20.7. The first-order valence-electron chi connectivity index (χ1n) is 8.42. The summed E-state index contributed by atoms with van der Waals surface area (Å²) in [6, 6.07) is 0. The minimum absolute atomic E-state index is 0.0210. The fraction of sp³-hybridized carbons (Fsp3) is 0.750. The maximum Gasteiger partial charge on any atom is 0.409 e. The van der Waals surface area contributed by atoms with Crippen LogP contribution in [0.3, 0.4) is 0 Å². The van der Waals surface area contributed by atoms with Crippen molar-refractivity contribution in [2.45, 2.75) is 45.6 Å². The number of esters is 2. The molecule has 0 aromatic carbocycles. The fourth-order valence-electron chi connectivity index (χ4n) is 2.58. The van der Waals surface area contributed by atoms with Crippen molar-refractivity contribution in [3.8, 4) is 0 Å². The molecule has 0 aromatic rings. The molecule has 0 unspecified atom stereocenters. The average molecular weight is 358 g/mol. The van der Waals surface area contributed by atoms with Crippen molar-refractivity contribution >= 4 is 23.9 Å². The molecule has 9 nitrogen and oxygen atoms in total. The van der Waals surface area contributed by atoms with Gasteiger partial charge in [-0.15, -0.1) is 0 Å². The Balaban J connectivity index is 2.79. The second-order valence-electron chi connectivity index (χ2n) is 5.59. The minimum atomic E-state index is -1.87. The molecule has 0 aromatic heterocycles. The highest BCUT2D eigenvalue weighted by Gasteiger charge is 2.49. The Morgan fingerprint density at radius 3 is 2.20 bits per heavy atom. The summed E-state index contributed by atoms with van der Waals surface area (Å²) in [5.41, 5.74) is -1.87. The van der Waals surface area contributed by atoms with Gasteiger partial charge in [0.15, 0.2) is 0 Å². The molecule has 1 N–H and O–H groups in total. The van der Waals surface area contributed by atoms with Crippen molar-refractivity contribution in [1.29, 1.82) is 0 Å². The largest absolute Gasteiger partial charge is 0.464 e. The number of carbonyl (C=O) groups excluding carboxylic acids is 4.